The van der Waals surface area contributed by atoms with Gasteiger partial charge in [-0.1, -0.05) is 51.7 Å². The van der Waals surface area contributed by atoms with Gasteiger partial charge in [-0.2, -0.15) is 0 Å². The van der Waals surface area contributed by atoms with Crippen LogP contribution >= 0.6 is 0 Å². The molecule has 0 spiro atoms. The number of nitrogens with zero attached hydrogens (tertiary/aromatic N) is 2. The van der Waals surface area contributed by atoms with Gasteiger partial charge in [0.05, 0.1) is 27.3 Å². The van der Waals surface area contributed by atoms with Gasteiger partial charge < -0.3 is 4.40 Å². The van der Waals surface area contributed by atoms with Crippen molar-refractivity contribution in [3.8, 4) is 0 Å². The molecule has 182 valence electrons. The molecule has 0 amide bonds. The van der Waals surface area contributed by atoms with E-state index in [1.165, 1.54) is 103 Å². The average Bonchev–Trinajstić information content (AvgIpc) is 3.46. The van der Waals surface area contributed by atoms with E-state index in [-0.39, 0.29) is 0 Å². The Morgan fingerprint density at radius 1 is 0.889 bits per heavy atom. The Kier molecular flexibility index (Phi) is 4.87. The van der Waals surface area contributed by atoms with Crippen LogP contribution in [0, 0.1) is 25.7 Å². The predicted molar refractivity (Wildman–Crippen MR) is 153 cm³/mol. The van der Waals surface area contributed by atoms with E-state index < -0.39 is 0 Å². The van der Waals surface area contributed by atoms with Crippen LogP contribution in [-0.4, -0.2) is 4.40 Å². The second-order valence-corrected chi connectivity index (χ2v) is 12.1. The first-order chi connectivity index (χ1) is 17.4. The summed E-state index contributed by atoms with van der Waals surface area (Å²) in [4.78, 5) is 0. The Balaban J connectivity index is 1.68. The minimum atomic E-state index is 0.654. The highest BCUT2D eigenvalue weighted by atomic mass is 15.0. The van der Waals surface area contributed by atoms with Crippen molar-refractivity contribution in [2.45, 2.75) is 66.2 Å². The molecule has 3 aromatic carbocycles. The molecule has 1 saturated carbocycles. The van der Waals surface area contributed by atoms with Crippen molar-refractivity contribution in [2.75, 3.05) is 0 Å². The summed E-state index contributed by atoms with van der Waals surface area (Å²) in [5.41, 5.74) is 11.2. The normalized spacial score (nSPS) is 15.3. The zero-order chi connectivity index (χ0) is 24.7. The van der Waals surface area contributed by atoms with Crippen molar-refractivity contribution >= 4 is 49.0 Å². The molecule has 0 N–H and O–H groups in total. The number of aryl methyl sites for hydroxylation is 3. The standard InChI is InChI=1S/C34H37N2/c1-20(2)14-24-10-11-29-27(18-24)28-15-21(3)22(4)31-33(28)36(29)30-19-25(16-23-8-6-7-9-23)17-26-12-13-35(5)34(31)32(26)30/h10-13,15,17-20,23H,6-9,14,16H2,1-5H3/q+1. The molecule has 1 aliphatic rings. The number of pyridine rings is 2. The van der Waals surface area contributed by atoms with Gasteiger partial charge >= 0.3 is 0 Å². The van der Waals surface area contributed by atoms with Crippen LogP contribution in [-0.2, 0) is 19.9 Å². The minimum Gasteiger partial charge on any atom is -0.307 e. The Labute approximate surface area is 213 Å². The van der Waals surface area contributed by atoms with Gasteiger partial charge in [0.15, 0.2) is 6.20 Å². The van der Waals surface area contributed by atoms with Gasteiger partial charge in [0.1, 0.15) is 7.05 Å². The molecule has 0 unspecified atom stereocenters. The largest absolute Gasteiger partial charge is 0.307 e. The van der Waals surface area contributed by atoms with Crippen LogP contribution in [0.25, 0.3) is 49.0 Å². The summed E-state index contributed by atoms with van der Waals surface area (Å²) in [6.07, 6.45) is 10.2. The SMILES string of the molecule is Cc1cc2c3cc(CC(C)C)ccc3n3c4cc(CC5CCCC5)cc5cc[n+](C)c(c(c1C)c23)c54. The first-order valence-electron chi connectivity index (χ1n) is 13.9. The lowest BCUT2D eigenvalue weighted by Gasteiger charge is -2.16. The number of fused-ring (bicyclic) bond motifs is 5. The zero-order valence-electron chi connectivity index (χ0n) is 22.4. The molecule has 0 bridgehead atoms. The molecule has 2 heteroatoms. The van der Waals surface area contributed by atoms with Crippen molar-refractivity contribution < 1.29 is 4.57 Å². The van der Waals surface area contributed by atoms with E-state index in [0.717, 1.165) is 12.3 Å². The summed E-state index contributed by atoms with van der Waals surface area (Å²) >= 11 is 0. The van der Waals surface area contributed by atoms with Crippen LogP contribution in [0.3, 0.4) is 0 Å². The van der Waals surface area contributed by atoms with Gasteiger partial charge in [0.2, 0.25) is 5.52 Å². The molecule has 0 atom stereocenters. The second kappa shape index (κ2) is 7.93. The van der Waals surface area contributed by atoms with Gasteiger partial charge in [-0.05, 0) is 90.4 Å². The number of aromatic nitrogens is 2. The van der Waals surface area contributed by atoms with Crippen LogP contribution in [0.1, 0.15) is 61.8 Å². The van der Waals surface area contributed by atoms with Crippen LogP contribution in [0.15, 0.2) is 48.7 Å². The lowest BCUT2D eigenvalue weighted by molar-refractivity contribution is -0.643. The van der Waals surface area contributed by atoms with Gasteiger partial charge in [-0.15, -0.1) is 0 Å². The molecule has 3 aromatic heterocycles. The Morgan fingerprint density at radius 3 is 2.47 bits per heavy atom. The van der Waals surface area contributed by atoms with Crippen molar-refractivity contribution in [1.82, 2.24) is 4.40 Å². The maximum atomic E-state index is 2.61. The van der Waals surface area contributed by atoms with Crippen LogP contribution in [0.4, 0.5) is 0 Å². The van der Waals surface area contributed by atoms with Gasteiger partial charge in [-0.25, -0.2) is 4.57 Å². The summed E-state index contributed by atoms with van der Waals surface area (Å²) < 4.78 is 4.97. The zero-order valence-corrected chi connectivity index (χ0v) is 22.4. The highest BCUT2D eigenvalue weighted by molar-refractivity contribution is 6.26. The lowest BCUT2D eigenvalue weighted by Crippen LogP contribution is -2.29. The summed E-state index contributed by atoms with van der Waals surface area (Å²) in [6, 6.07) is 17.0. The topological polar surface area (TPSA) is 8.29 Å². The molecule has 3 heterocycles. The van der Waals surface area contributed by atoms with E-state index in [2.05, 4.69) is 92.4 Å². The van der Waals surface area contributed by atoms with E-state index in [1.54, 1.807) is 0 Å². The molecule has 0 saturated heterocycles. The van der Waals surface area contributed by atoms with Crippen molar-refractivity contribution in [3.05, 3.63) is 70.9 Å². The van der Waals surface area contributed by atoms with E-state index in [0.29, 0.717) is 5.92 Å². The van der Waals surface area contributed by atoms with E-state index in [1.807, 2.05) is 0 Å². The van der Waals surface area contributed by atoms with Gasteiger partial charge in [0, 0.05) is 16.8 Å². The molecule has 1 fully saturated rings. The Bertz CT molecular complexity index is 1790. The first kappa shape index (κ1) is 22.1. The fraction of sp³-hybridized carbons (Fsp3) is 0.382. The van der Waals surface area contributed by atoms with Crippen molar-refractivity contribution in [3.63, 3.8) is 0 Å². The van der Waals surface area contributed by atoms with Crippen molar-refractivity contribution in [1.29, 1.82) is 0 Å². The van der Waals surface area contributed by atoms with Crippen LogP contribution < -0.4 is 4.57 Å². The van der Waals surface area contributed by atoms with Gasteiger partial charge in [-0.3, -0.25) is 0 Å². The third-order valence-electron chi connectivity index (χ3n) is 9.03. The molecule has 0 radical (unpaired) electrons. The van der Waals surface area contributed by atoms with Crippen LogP contribution in [0.5, 0.6) is 0 Å². The third kappa shape index (κ3) is 3.13. The van der Waals surface area contributed by atoms with Gasteiger partial charge in [0.25, 0.3) is 0 Å². The first-order valence-corrected chi connectivity index (χ1v) is 13.9. The maximum Gasteiger partial charge on any atom is 0.224 e. The monoisotopic (exact) mass is 473 g/mol. The molecule has 6 aromatic rings. The predicted octanol–water partition coefficient (Wildman–Crippen LogP) is 8.36. The lowest BCUT2D eigenvalue weighted by atomic mass is 9.93. The minimum absolute atomic E-state index is 0.654. The third-order valence-corrected chi connectivity index (χ3v) is 9.03. The number of benzene rings is 3. The van der Waals surface area contributed by atoms with E-state index in [9.17, 15) is 0 Å². The van der Waals surface area contributed by atoms with Crippen LogP contribution in [0.2, 0.25) is 0 Å². The molecule has 0 aliphatic heterocycles. The fourth-order valence-corrected chi connectivity index (χ4v) is 7.28. The second-order valence-electron chi connectivity index (χ2n) is 12.1. The molecule has 7 rings (SSSR count). The molecular weight excluding hydrogens is 436 g/mol. The summed E-state index contributed by atoms with van der Waals surface area (Å²) in [5.74, 6) is 1.50. The average molecular weight is 474 g/mol. The number of hydrogen-bond donors (Lipinski definition) is 0. The Morgan fingerprint density at radius 2 is 1.69 bits per heavy atom. The quantitative estimate of drug-likeness (QED) is 0.138. The molecular formula is C34H37N2+. The fourth-order valence-electron chi connectivity index (χ4n) is 7.28. The number of hydrogen-bond acceptors (Lipinski definition) is 0. The molecule has 1 aliphatic carbocycles. The molecule has 36 heavy (non-hydrogen) atoms. The smallest absolute Gasteiger partial charge is 0.224 e. The van der Waals surface area contributed by atoms with Crippen molar-refractivity contribution in [2.24, 2.45) is 18.9 Å². The summed E-state index contributed by atoms with van der Waals surface area (Å²) in [6.45, 7) is 9.23. The molecule has 2 nitrogen and oxygen atoms in total. The van der Waals surface area contributed by atoms with E-state index in [4.69, 9.17) is 0 Å². The summed E-state index contributed by atoms with van der Waals surface area (Å²) in [5, 5.41) is 7.00. The highest BCUT2D eigenvalue weighted by Gasteiger charge is 2.26. The maximum absolute atomic E-state index is 2.61. The van der Waals surface area contributed by atoms with E-state index >= 15 is 0 Å². The Hall–Kier alpha value is -3.13. The number of rotatable bonds is 4. The summed E-state index contributed by atoms with van der Waals surface area (Å²) in [7, 11) is 2.22. The highest BCUT2D eigenvalue weighted by Crippen LogP contribution is 2.42.